The number of likely N-dealkylation sites (N-methyl/N-ethyl adjacent to an activating group) is 2. The number of likely N-dealkylation sites (tertiary alicyclic amines) is 1. The van der Waals surface area contributed by atoms with E-state index in [2.05, 4.69) is 33.1 Å². The highest BCUT2D eigenvalue weighted by Crippen LogP contribution is 2.45. The van der Waals surface area contributed by atoms with Gasteiger partial charge in [-0.2, -0.15) is 13.2 Å². The number of amides is 2. The second-order valence-corrected chi connectivity index (χ2v) is 17.0. The third-order valence-corrected chi connectivity index (χ3v) is 12.5. The summed E-state index contributed by atoms with van der Waals surface area (Å²) < 4.78 is 63.2. The Hall–Kier alpha value is -5.04. The van der Waals surface area contributed by atoms with Crippen LogP contribution in [-0.4, -0.2) is 119 Å². The molecule has 0 aliphatic carbocycles. The monoisotopic (exact) mass is 850 g/mol. The van der Waals surface area contributed by atoms with Crippen LogP contribution in [0.4, 0.5) is 40.3 Å². The number of hydrogen-bond acceptors (Lipinski definition) is 8. The highest BCUT2D eigenvalue weighted by atomic mass is 19.4. The number of carbonyl (C=O) groups excluding carboxylic acids is 2. The van der Waals surface area contributed by atoms with Crippen LogP contribution in [-0.2, 0) is 17.6 Å². The lowest BCUT2D eigenvalue weighted by molar-refractivity contribution is -0.145. The van der Waals surface area contributed by atoms with Gasteiger partial charge in [0.15, 0.2) is 12.6 Å². The van der Waals surface area contributed by atoms with E-state index in [0.29, 0.717) is 41.2 Å². The number of nitrogens with zero attached hydrogens (tertiary/aromatic N) is 3. The Morgan fingerprint density at radius 2 is 1.85 bits per heavy atom. The van der Waals surface area contributed by atoms with Crippen molar-refractivity contribution in [2.75, 3.05) is 76.1 Å². The Morgan fingerprint density at radius 1 is 1.08 bits per heavy atom. The molecule has 3 heterocycles. The summed E-state index contributed by atoms with van der Waals surface area (Å²) in [4.78, 5) is 30.7. The molecule has 0 radical (unpaired) electrons. The largest absolute Gasteiger partial charge is 0.495 e. The number of anilines is 3. The molecule has 0 aromatic heterocycles. The summed E-state index contributed by atoms with van der Waals surface area (Å²) >= 11 is 0. The molecule has 1 saturated heterocycles. The van der Waals surface area contributed by atoms with Crippen LogP contribution < -0.4 is 35.4 Å². The Labute approximate surface area is 356 Å². The fourth-order valence-electron chi connectivity index (χ4n) is 9.29. The van der Waals surface area contributed by atoms with Gasteiger partial charge in [-0.05, 0) is 93.1 Å². The number of methoxy groups -OCH3 is 1. The zero-order valence-electron chi connectivity index (χ0n) is 36.1. The Morgan fingerprint density at radius 3 is 2.52 bits per heavy atom. The van der Waals surface area contributed by atoms with Crippen LogP contribution in [0.5, 0.6) is 5.75 Å². The molecule has 7 atom stereocenters. The highest BCUT2D eigenvalue weighted by molar-refractivity contribution is 5.96. The van der Waals surface area contributed by atoms with Crippen molar-refractivity contribution in [3.8, 4) is 17.6 Å². The summed E-state index contributed by atoms with van der Waals surface area (Å²) in [6.07, 6.45) is -4.26. The summed E-state index contributed by atoms with van der Waals surface area (Å²) in [7, 11) is 5.26. The minimum Gasteiger partial charge on any atom is -0.495 e. The molecule has 3 aromatic rings. The number of benzene rings is 3. The molecule has 330 valence electrons. The fraction of sp³-hybridized carbons (Fsp3) is 0.522. The number of hydrogen-bond donors (Lipinski definition) is 5. The van der Waals surface area contributed by atoms with E-state index in [-0.39, 0.29) is 54.9 Å². The van der Waals surface area contributed by atoms with Gasteiger partial charge in [0.05, 0.1) is 50.6 Å². The summed E-state index contributed by atoms with van der Waals surface area (Å²) in [5.41, 5.74) is 5.44. The van der Waals surface area contributed by atoms with Crippen LogP contribution in [0.3, 0.4) is 0 Å². The van der Waals surface area contributed by atoms with E-state index >= 15 is 4.39 Å². The number of piperidine rings is 1. The number of nitrogens with one attached hydrogen (secondary N) is 4. The van der Waals surface area contributed by atoms with Gasteiger partial charge in [-0.15, -0.1) is 0 Å². The third-order valence-electron chi connectivity index (χ3n) is 12.5. The van der Waals surface area contributed by atoms with Gasteiger partial charge in [0.1, 0.15) is 23.7 Å². The van der Waals surface area contributed by atoms with Crippen molar-refractivity contribution in [1.82, 2.24) is 20.0 Å². The topological polar surface area (TPSA) is 118 Å². The molecule has 5 N–H and O–H groups in total. The van der Waals surface area contributed by atoms with Crippen molar-refractivity contribution in [1.29, 1.82) is 0 Å². The first-order valence-electron chi connectivity index (χ1n) is 21.1. The van der Waals surface area contributed by atoms with E-state index in [0.717, 1.165) is 28.9 Å². The molecule has 2 amide bonds. The number of alkyl halides is 4. The fourth-order valence-corrected chi connectivity index (χ4v) is 9.29. The zero-order valence-corrected chi connectivity index (χ0v) is 36.1. The predicted octanol–water partition coefficient (Wildman–Crippen LogP) is 6.06. The van der Waals surface area contributed by atoms with E-state index < -0.39 is 49.1 Å². The highest BCUT2D eigenvalue weighted by Gasteiger charge is 2.52. The van der Waals surface area contributed by atoms with E-state index in [1.165, 1.54) is 7.11 Å². The van der Waals surface area contributed by atoms with Crippen LogP contribution in [0.1, 0.15) is 67.2 Å². The number of halogens is 4. The molecule has 6 rings (SSSR count). The van der Waals surface area contributed by atoms with Crippen molar-refractivity contribution in [3.05, 3.63) is 76.9 Å². The first-order chi connectivity index (χ1) is 29.0. The molecular weight excluding hydrogens is 791 g/mol. The molecule has 1 fully saturated rings. The van der Waals surface area contributed by atoms with Gasteiger partial charge < -0.3 is 40.9 Å². The molecule has 3 aromatic carbocycles. The van der Waals surface area contributed by atoms with Crippen molar-refractivity contribution in [3.63, 3.8) is 0 Å². The van der Waals surface area contributed by atoms with Gasteiger partial charge in [0, 0.05) is 49.1 Å². The average Bonchev–Trinajstić information content (AvgIpc) is 3.51. The molecule has 3 aliphatic rings. The van der Waals surface area contributed by atoms with Crippen LogP contribution in [0.25, 0.3) is 0 Å². The van der Waals surface area contributed by atoms with E-state index in [9.17, 15) is 27.9 Å². The number of rotatable bonds is 12. The van der Waals surface area contributed by atoms with Crippen molar-refractivity contribution in [2.45, 2.75) is 89.5 Å². The van der Waals surface area contributed by atoms with Gasteiger partial charge >= 0.3 is 6.18 Å². The number of aliphatic hydroxyl groups excluding tert-OH is 1. The maximum absolute atomic E-state index is 15.1. The summed E-state index contributed by atoms with van der Waals surface area (Å²) in [6.45, 7) is 7.55. The first-order valence-corrected chi connectivity index (χ1v) is 21.1. The van der Waals surface area contributed by atoms with E-state index in [1.807, 2.05) is 68.9 Å². The molecule has 15 heteroatoms. The van der Waals surface area contributed by atoms with Crippen molar-refractivity contribution in [2.24, 2.45) is 5.92 Å². The van der Waals surface area contributed by atoms with Crippen LogP contribution >= 0.6 is 0 Å². The van der Waals surface area contributed by atoms with Crippen molar-refractivity contribution < 1.29 is 37.0 Å². The van der Waals surface area contributed by atoms with Gasteiger partial charge in [0.25, 0.3) is 5.91 Å². The van der Waals surface area contributed by atoms with Crippen LogP contribution in [0.15, 0.2) is 54.6 Å². The van der Waals surface area contributed by atoms with Gasteiger partial charge in [-0.1, -0.05) is 38.0 Å². The Bertz CT molecular complexity index is 2120. The lowest BCUT2D eigenvalue weighted by Gasteiger charge is -2.38. The maximum atomic E-state index is 15.1. The SMILES string of the molecule is CC[N+]1(CC(F)(F)F)c2cccc(N[C@@H]3CCN(C)C[C@@H]3F)c2CC1C#CCNc1cc(C(=O)N[C@@H](C)c2ccc3c(c2)N(C)[C@@H](C(C)C)C(=O)N[C@H](CO)C3)ccc1OC. The standard InChI is InChI=1S/C46H59F4N7O4/c1-8-57(27-46(48,49)50)34(24-35-37(12-9-13-41(35)57)54-38-18-20-55(5)25-36(38)47)11-10-19-51-39-22-32(16-17-42(39)61-7)44(59)52-29(4)30-14-15-31-21-33(26-58)53-45(60)43(28(2)3)56(6)40(31)23-30/h9,12-17,22-23,28-29,33-34,36,38,43,51,54,58H,8,18-21,24-27H2,1-7H3,(H-,52,53,59,60)/p+1/t29-,33-,34?,36-,38+,43-,57?/m0/s1. The molecule has 3 aliphatic heterocycles. The first kappa shape index (κ1) is 45.5. The predicted molar refractivity (Wildman–Crippen MR) is 233 cm³/mol. The Balaban J connectivity index is 1.18. The summed E-state index contributed by atoms with van der Waals surface area (Å²) in [6, 6.07) is 13.7. The second-order valence-electron chi connectivity index (χ2n) is 17.0. The molecule has 0 bridgehead atoms. The number of quaternary nitrogens is 1. The lowest BCUT2D eigenvalue weighted by atomic mass is 9.93. The molecular formula is C46H60F4N7O4+. The number of fused-ring (bicyclic) bond motifs is 2. The minimum atomic E-state index is -4.46. The van der Waals surface area contributed by atoms with Gasteiger partial charge in [0.2, 0.25) is 5.91 Å². The number of aliphatic hydroxyl groups is 1. The number of ether oxygens (including phenoxy) is 1. The summed E-state index contributed by atoms with van der Waals surface area (Å²) in [5, 5.41) is 22.6. The van der Waals surface area contributed by atoms with Crippen molar-refractivity contribution >= 4 is 34.6 Å². The average molecular weight is 851 g/mol. The smallest absolute Gasteiger partial charge is 0.438 e. The second kappa shape index (κ2) is 18.9. The van der Waals surface area contributed by atoms with E-state index in [4.69, 9.17) is 4.74 Å². The minimum absolute atomic E-state index is 0.00408. The third kappa shape index (κ3) is 10.0. The molecule has 61 heavy (non-hydrogen) atoms. The Kier molecular flexibility index (Phi) is 14.1. The lowest BCUT2D eigenvalue weighted by Crippen LogP contribution is -2.58. The molecule has 0 saturated carbocycles. The molecule has 0 spiro atoms. The molecule has 2 unspecified atom stereocenters. The van der Waals surface area contributed by atoms with Gasteiger partial charge in [-0.25, -0.2) is 4.39 Å². The summed E-state index contributed by atoms with van der Waals surface area (Å²) in [5.74, 6) is 6.22. The van der Waals surface area contributed by atoms with Crippen LogP contribution in [0, 0.1) is 17.8 Å². The normalized spacial score (nSPS) is 24.6. The zero-order chi connectivity index (χ0) is 44.2. The quantitative estimate of drug-likeness (QED) is 0.0849. The molecule has 11 nitrogen and oxygen atoms in total. The maximum Gasteiger partial charge on any atom is 0.438 e. The van der Waals surface area contributed by atoms with Gasteiger partial charge in [-0.3, -0.25) is 14.1 Å². The van der Waals surface area contributed by atoms with E-state index in [1.54, 1.807) is 37.3 Å². The van der Waals surface area contributed by atoms with Crippen LogP contribution in [0.2, 0.25) is 0 Å². The number of carbonyl (C=O) groups is 2.